The number of rotatable bonds is 11. The van der Waals surface area contributed by atoms with Gasteiger partial charge in [0.15, 0.2) is 0 Å². The van der Waals surface area contributed by atoms with Crippen LogP contribution in [-0.2, 0) is 14.4 Å². The second-order valence-electron chi connectivity index (χ2n) is 5.84. The molecule has 3 atom stereocenters. The quantitative estimate of drug-likeness (QED) is 0.356. The maximum Gasteiger partial charge on any atom is 0.404 e. The monoisotopic (exact) mass is 344 g/mol. The van der Waals surface area contributed by atoms with Crippen molar-refractivity contribution in [3.05, 3.63) is 0 Å². The number of hydrogen-bond donors (Lipinski definition) is 5. The van der Waals surface area contributed by atoms with Crippen LogP contribution < -0.4 is 21.7 Å². The van der Waals surface area contributed by atoms with E-state index >= 15 is 0 Å². The zero-order valence-electron chi connectivity index (χ0n) is 14.4. The third kappa shape index (κ3) is 9.65. The van der Waals surface area contributed by atoms with Gasteiger partial charge in [-0.15, -0.1) is 0 Å². The van der Waals surface area contributed by atoms with E-state index in [-0.39, 0.29) is 37.3 Å². The number of amides is 4. The summed E-state index contributed by atoms with van der Waals surface area (Å²) in [6.07, 6.45) is 0.234. The topological polar surface area (TPSA) is 151 Å². The summed E-state index contributed by atoms with van der Waals surface area (Å²) >= 11 is 0. The van der Waals surface area contributed by atoms with Crippen molar-refractivity contribution < 1.29 is 24.3 Å². The Morgan fingerprint density at radius 2 is 1.75 bits per heavy atom. The maximum absolute atomic E-state index is 12.3. The summed E-state index contributed by atoms with van der Waals surface area (Å²) in [4.78, 5) is 45.6. The molecule has 9 heteroatoms. The molecule has 0 saturated heterocycles. The average Bonchev–Trinajstić information content (AvgIpc) is 2.45. The number of nitrogens with one attached hydrogen (secondary N) is 3. The van der Waals surface area contributed by atoms with Crippen LogP contribution in [0, 0.1) is 5.92 Å². The first-order valence-electron chi connectivity index (χ1n) is 8.03. The molecular formula is C15H28N4O5. The highest BCUT2D eigenvalue weighted by Crippen LogP contribution is 2.05. The minimum absolute atomic E-state index is 0.0336. The Labute approximate surface area is 141 Å². The molecule has 6 N–H and O–H groups in total. The van der Waals surface area contributed by atoms with Gasteiger partial charge in [0.2, 0.25) is 17.7 Å². The van der Waals surface area contributed by atoms with Crippen LogP contribution in [0.25, 0.3) is 0 Å². The lowest BCUT2D eigenvalue weighted by Crippen LogP contribution is -2.50. The molecule has 0 spiro atoms. The zero-order chi connectivity index (χ0) is 18.7. The van der Waals surface area contributed by atoms with Crippen molar-refractivity contribution in [3.8, 4) is 0 Å². The van der Waals surface area contributed by atoms with Crippen molar-refractivity contribution in [2.24, 2.45) is 11.7 Å². The molecule has 0 radical (unpaired) electrons. The summed E-state index contributed by atoms with van der Waals surface area (Å²) in [5.41, 5.74) is 5.20. The Hall–Kier alpha value is -2.32. The lowest BCUT2D eigenvalue weighted by atomic mass is 10.0. The molecular weight excluding hydrogens is 316 g/mol. The van der Waals surface area contributed by atoms with Gasteiger partial charge in [-0.05, 0) is 26.2 Å². The standard InChI is InChI=1S/C15H28N4O5/c1-4-5-12(20)19-11(6-7-17-15(23)24)14(22)18-10(3)8-9(2)13(16)21/h9-11,17H,4-8H2,1-3H3,(H2,16,21)(H,18,22)(H,19,20)(H,23,24)/t9-,10-,11-/m0/s1. The van der Waals surface area contributed by atoms with Crippen molar-refractivity contribution >= 4 is 23.8 Å². The van der Waals surface area contributed by atoms with Crippen LogP contribution in [-0.4, -0.2) is 47.5 Å². The Bertz CT molecular complexity index is 455. The molecule has 0 aliphatic heterocycles. The summed E-state index contributed by atoms with van der Waals surface area (Å²) in [5, 5.41) is 16.1. The lowest BCUT2D eigenvalue weighted by molar-refractivity contribution is -0.129. The molecule has 4 amide bonds. The van der Waals surface area contributed by atoms with E-state index in [1.807, 2.05) is 6.92 Å². The molecule has 0 fully saturated rings. The first-order valence-corrected chi connectivity index (χ1v) is 8.03. The van der Waals surface area contributed by atoms with E-state index in [1.54, 1.807) is 13.8 Å². The van der Waals surface area contributed by atoms with Crippen molar-refractivity contribution in [3.63, 3.8) is 0 Å². The molecule has 0 aromatic rings. The van der Waals surface area contributed by atoms with Gasteiger partial charge in [0.25, 0.3) is 0 Å². The number of carbonyl (C=O) groups excluding carboxylic acids is 3. The van der Waals surface area contributed by atoms with Crippen LogP contribution in [0.2, 0.25) is 0 Å². The van der Waals surface area contributed by atoms with E-state index in [0.29, 0.717) is 12.8 Å². The van der Waals surface area contributed by atoms with E-state index in [9.17, 15) is 19.2 Å². The fourth-order valence-electron chi connectivity index (χ4n) is 2.13. The number of carboxylic acid groups (broad SMARTS) is 1. The largest absolute Gasteiger partial charge is 0.465 e. The highest BCUT2D eigenvalue weighted by Gasteiger charge is 2.23. The second-order valence-corrected chi connectivity index (χ2v) is 5.84. The number of hydrogen-bond acceptors (Lipinski definition) is 4. The van der Waals surface area contributed by atoms with Gasteiger partial charge >= 0.3 is 6.09 Å². The highest BCUT2D eigenvalue weighted by molar-refractivity contribution is 5.87. The van der Waals surface area contributed by atoms with Crippen LogP contribution in [0.5, 0.6) is 0 Å². The Morgan fingerprint density at radius 1 is 1.12 bits per heavy atom. The van der Waals surface area contributed by atoms with Gasteiger partial charge in [-0.1, -0.05) is 13.8 Å². The third-order valence-electron chi connectivity index (χ3n) is 3.42. The molecule has 0 aliphatic rings. The third-order valence-corrected chi connectivity index (χ3v) is 3.42. The van der Waals surface area contributed by atoms with Gasteiger partial charge in [-0.25, -0.2) is 4.79 Å². The summed E-state index contributed by atoms with van der Waals surface area (Å²) < 4.78 is 0. The van der Waals surface area contributed by atoms with Gasteiger partial charge < -0.3 is 26.8 Å². The average molecular weight is 344 g/mol. The van der Waals surface area contributed by atoms with E-state index in [4.69, 9.17) is 10.8 Å². The second kappa shape index (κ2) is 11.3. The number of carbonyl (C=O) groups is 4. The van der Waals surface area contributed by atoms with E-state index in [0.717, 1.165) is 0 Å². The van der Waals surface area contributed by atoms with Gasteiger partial charge in [-0.3, -0.25) is 14.4 Å². The molecule has 24 heavy (non-hydrogen) atoms. The molecule has 0 bridgehead atoms. The van der Waals surface area contributed by atoms with Crippen LogP contribution >= 0.6 is 0 Å². The minimum atomic E-state index is -1.20. The lowest BCUT2D eigenvalue weighted by Gasteiger charge is -2.22. The van der Waals surface area contributed by atoms with Gasteiger partial charge in [-0.2, -0.15) is 0 Å². The Balaban J connectivity index is 4.66. The fraction of sp³-hybridized carbons (Fsp3) is 0.733. The highest BCUT2D eigenvalue weighted by atomic mass is 16.4. The Kier molecular flexibility index (Phi) is 10.2. The molecule has 0 heterocycles. The van der Waals surface area contributed by atoms with Crippen molar-refractivity contribution in [1.82, 2.24) is 16.0 Å². The summed E-state index contributed by atoms with van der Waals surface area (Å²) in [6, 6.07) is -1.15. The van der Waals surface area contributed by atoms with Crippen LogP contribution in [0.1, 0.15) is 46.5 Å². The van der Waals surface area contributed by atoms with Gasteiger partial charge in [0, 0.05) is 24.9 Å². The van der Waals surface area contributed by atoms with Gasteiger partial charge in [0.05, 0.1) is 0 Å². The normalized spacial score (nSPS) is 14.1. The maximum atomic E-state index is 12.3. The number of nitrogens with two attached hydrogens (primary N) is 1. The minimum Gasteiger partial charge on any atom is -0.465 e. The van der Waals surface area contributed by atoms with E-state index in [2.05, 4.69) is 16.0 Å². The summed E-state index contributed by atoms with van der Waals surface area (Å²) in [6.45, 7) is 5.28. The molecule has 0 unspecified atom stereocenters. The molecule has 9 nitrogen and oxygen atoms in total. The molecule has 138 valence electrons. The summed E-state index contributed by atoms with van der Waals surface area (Å²) in [5.74, 6) is -1.53. The first-order chi connectivity index (χ1) is 11.2. The molecule has 0 aromatic carbocycles. The van der Waals surface area contributed by atoms with Crippen molar-refractivity contribution in [2.45, 2.75) is 58.5 Å². The van der Waals surface area contributed by atoms with Crippen LogP contribution in [0.3, 0.4) is 0 Å². The Morgan fingerprint density at radius 3 is 2.25 bits per heavy atom. The molecule has 0 rings (SSSR count). The van der Waals surface area contributed by atoms with Crippen LogP contribution in [0.15, 0.2) is 0 Å². The molecule has 0 saturated carbocycles. The fourth-order valence-corrected chi connectivity index (χ4v) is 2.13. The summed E-state index contributed by atoms with van der Waals surface area (Å²) in [7, 11) is 0. The SMILES string of the molecule is CCCC(=O)N[C@@H](CCNC(=O)O)C(=O)N[C@@H](C)C[C@H](C)C(N)=O. The van der Waals surface area contributed by atoms with Crippen molar-refractivity contribution in [1.29, 1.82) is 0 Å². The van der Waals surface area contributed by atoms with E-state index in [1.165, 1.54) is 0 Å². The number of primary amides is 1. The van der Waals surface area contributed by atoms with Crippen molar-refractivity contribution in [2.75, 3.05) is 6.54 Å². The zero-order valence-corrected chi connectivity index (χ0v) is 14.4. The smallest absolute Gasteiger partial charge is 0.404 e. The molecule has 0 aromatic heterocycles. The predicted octanol–water partition coefficient (Wildman–Crippen LogP) is -0.0548. The first kappa shape index (κ1) is 21.7. The van der Waals surface area contributed by atoms with Gasteiger partial charge in [0.1, 0.15) is 6.04 Å². The van der Waals surface area contributed by atoms with Crippen LogP contribution in [0.4, 0.5) is 4.79 Å². The van der Waals surface area contributed by atoms with E-state index < -0.39 is 23.9 Å². The predicted molar refractivity (Wildman–Crippen MR) is 88.1 cm³/mol. The molecule has 0 aliphatic carbocycles.